The van der Waals surface area contributed by atoms with Gasteiger partial charge in [-0.2, -0.15) is 0 Å². The third-order valence-electron chi connectivity index (χ3n) is 6.64. The summed E-state index contributed by atoms with van der Waals surface area (Å²) in [4.78, 5) is 23.9. The molecule has 1 atom stereocenters. The number of nitrogens with one attached hydrogen (secondary N) is 2. The average Bonchev–Trinajstić information content (AvgIpc) is 2.69. The summed E-state index contributed by atoms with van der Waals surface area (Å²) in [6.07, 6.45) is 13.3. The van der Waals surface area contributed by atoms with Crippen LogP contribution in [0.3, 0.4) is 0 Å². The molecule has 2 amide bonds. The first-order chi connectivity index (χ1) is 13.5. The van der Waals surface area contributed by atoms with Gasteiger partial charge in [0.05, 0.1) is 6.61 Å². The highest BCUT2D eigenvalue weighted by molar-refractivity contribution is 5.78. The van der Waals surface area contributed by atoms with Crippen molar-refractivity contribution in [3.63, 3.8) is 0 Å². The maximum atomic E-state index is 12.2. The number of rotatable bonds is 9. The second-order valence-corrected chi connectivity index (χ2v) is 9.15. The second-order valence-electron chi connectivity index (χ2n) is 9.15. The van der Waals surface area contributed by atoms with E-state index < -0.39 is 0 Å². The first-order valence-corrected chi connectivity index (χ1v) is 11.7. The van der Waals surface area contributed by atoms with Crippen molar-refractivity contribution in [3.8, 4) is 0 Å². The average molecular weight is 395 g/mol. The van der Waals surface area contributed by atoms with Crippen LogP contribution < -0.4 is 10.6 Å². The molecule has 28 heavy (non-hydrogen) atoms. The zero-order chi connectivity index (χ0) is 20.4. The Labute approximate surface area is 171 Å². The number of ether oxygens (including phenoxy) is 1. The normalized spacial score (nSPS) is 29.0. The summed E-state index contributed by atoms with van der Waals surface area (Å²) in [5, 5.41) is 6.29. The molecule has 1 unspecified atom stereocenters. The topological polar surface area (TPSA) is 67.4 Å². The number of hydrogen-bond acceptors (Lipinski definition) is 3. The second kappa shape index (κ2) is 12.3. The highest BCUT2D eigenvalue weighted by Gasteiger charge is 2.28. The Hall–Kier alpha value is -1.26. The van der Waals surface area contributed by atoms with Crippen LogP contribution in [0.5, 0.6) is 0 Å². The van der Waals surface area contributed by atoms with Crippen molar-refractivity contribution in [1.29, 1.82) is 0 Å². The van der Waals surface area contributed by atoms with E-state index in [1.165, 1.54) is 32.1 Å². The first-order valence-electron chi connectivity index (χ1n) is 11.7. The van der Waals surface area contributed by atoms with Gasteiger partial charge in [0, 0.05) is 18.0 Å². The lowest BCUT2D eigenvalue weighted by atomic mass is 9.75. The summed E-state index contributed by atoms with van der Waals surface area (Å²) in [7, 11) is 0. The Bertz CT molecular complexity index is 466. The zero-order valence-corrected chi connectivity index (χ0v) is 18.3. The van der Waals surface area contributed by atoms with Crippen LogP contribution in [0.2, 0.25) is 0 Å². The van der Waals surface area contributed by atoms with Gasteiger partial charge in [0.15, 0.2) is 0 Å². The van der Waals surface area contributed by atoms with E-state index in [9.17, 15) is 9.59 Å². The molecule has 0 aromatic heterocycles. The molecule has 2 saturated carbocycles. The van der Waals surface area contributed by atoms with Gasteiger partial charge in [-0.25, -0.2) is 4.79 Å². The standard InChI is InChI=1S/C23H42N2O3/c1-4-6-17(3)22(26)24-20-11-7-18(8-12-20)16-19-9-13-21(14-10-19)25-23(27)28-15-5-2/h17-21H,4-16H2,1-3H3,(H,24,26)(H,25,27). The van der Waals surface area contributed by atoms with Gasteiger partial charge >= 0.3 is 6.09 Å². The largest absolute Gasteiger partial charge is 0.450 e. The Kier molecular flexibility index (Phi) is 10.1. The van der Waals surface area contributed by atoms with Gasteiger partial charge in [-0.3, -0.25) is 4.79 Å². The summed E-state index contributed by atoms with van der Waals surface area (Å²) >= 11 is 0. The summed E-state index contributed by atoms with van der Waals surface area (Å²) in [5.74, 6) is 2.00. The maximum Gasteiger partial charge on any atom is 0.407 e. The molecule has 0 aromatic carbocycles. The van der Waals surface area contributed by atoms with Crippen molar-refractivity contribution in [2.75, 3.05) is 6.61 Å². The molecule has 0 saturated heterocycles. The first kappa shape index (κ1) is 23.0. The van der Waals surface area contributed by atoms with Gasteiger partial charge in [0.1, 0.15) is 0 Å². The quantitative estimate of drug-likeness (QED) is 0.566. The van der Waals surface area contributed by atoms with Crippen molar-refractivity contribution in [2.45, 2.75) is 110 Å². The van der Waals surface area contributed by atoms with E-state index in [0.717, 1.165) is 56.8 Å². The molecular formula is C23H42N2O3. The zero-order valence-electron chi connectivity index (χ0n) is 18.3. The molecule has 0 spiro atoms. The van der Waals surface area contributed by atoms with E-state index in [-0.39, 0.29) is 24.0 Å². The maximum absolute atomic E-state index is 12.2. The minimum absolute atomic E-state index is 0.144. The fraction of sp³-hybridized carbons (Fsp3) is 0.913. The predicted octanol–water partition coefficient (Wildman–Crippen LogP) is 5.18. The van der Waals surface area contributed by atoms with Crippen LogP contribution in [0.4, 0.5) is 4.79 Å². The molecular weight excluding hydrogens is 352 g/mol. The Morgan fingerprint density at radius 3 is 1.89 bits per heavy atom. The molecule has 2 rings (SSSR count). The molecule has 0 radical (unpaired) electrons. The van der Waals surface area contributed by atoms with Crippen molar-refractivity contribution in [1.82, 2.24) is 10.6 Å². The summed E-state index contributed by atoms with van der Waals surface area (Å²) < 4.78 is 5.13. The van der Waals surface area contributed by atoms with Crippen LogP contribution in [0.15, 0.2) is 0 Å². The van der Waals surface area contributed by atoms with E-state index in [2.05, 4.69) is 17.6 Å². The fourth-order valence-electron chi connectivity index (χ4n) is 4.87. The fourth-order valence-corrected chi connectivity index (χ4v) is 4.87. The van der Waals surface area contributed by atoms with Crippen LogP contribution in [-0.4, -0.2) is 30.7 Å². The van der Waals surface area contributed by atoms with Crippen LogP contribution >= 0.6 is 0 Å². The molecule has 2 fully saturated rings. The predicted molar refractivity (Wildman–Crippen MR) is 113 cm³/mol. The number of carbonyl (C=O) groups excluding carboxylic acids is 2. The SMILES string of the molecule is CCCOC(=O)NC1CCC(CC2CCC(NC(=O)C(C)CCC)CC2)CC1. The molecule has 2 N–H and O–H groups in total. The molecule has 2 aliphatic rings. The van der Waals surface area contributed by atoms with E-state index in [1.807, 2.05) is 13.8 Å². The molecule has 2 aliphatic carbocycles. The van der Waals surface area contributed by atoms with Gasteiger partial charge in [-0.15, -0.1) is 0 Å². The molecule has 0 bridgehead atoms. The van der Waals surface area contributed by atoms with Crippen LogP contribution in [0, 0.1) is 17.8 Å². The molecule has 0 heterocycles. The van der Waals surface area contributed by atoms with E-state index >= 15 is 0 Å². The minimum atomic E-state index is -0.251. The Balaban J connectivity index is 1.60. The smallest absolute Gasteiger partial charge is 0.407 e. The molecule has 0 aliphatic heterocycles. The van der Waals surface area contributed by atoms with Crippen molar-refractivity contribution >= 4 is 12.0 Å². The van der Waals surface area contributed by atoms with Crippen LogP contribution in [0.25, 0.3) is 0 Å². The van der Waals surface area contributed by atoms with Crippen LogP contribution in [-0.2, 0) is 9.53 Å². The number of carbonyl (C=O) groups is 2. The van der Waals surface area contributed by atoms with Crippen LogP contribution in [0.1, 0.15) is 97.8 Å². The van der Waals surface area contributed by atoms with Gasteiger partial charge in [0.25, 0.3) is 0 Å². The van der Waals surface area contributed by atoms with Crippen molar-refractivity contribution < 1.29 is 14.3 Å². The molecule has 5 heteroatoms. The number of hydrogen-bond donors (Lipinski definition) is 2. The minimum Gasteiger partial charge on any atom is -0.450 e. The third kappa shape index (κ3) is 8.00. The summed E-state index contributed by atoms with van der Waals surface area (Å²) in [5.41, 5.74) is 0. The highest BCUT2D eigenvalue weighted by atomic mass is 16.5. The lowest BCUT2D eigenvalue weighted by Crippen LogP contribution is -2.40. The molecule has 162 valence electrons. The van der Waals surface area contributed by atoms with Gasteiger partial charge in [0.2, 0.25) is 5.91 Å². The summed E-state index contributed by atoms with van der Waals surface area (Å²) in [6.45, 7) is 6.68. The van der Waals surface area contributed by atoms with E-state index in [4.69, 9.17) is 4.74 Å². The molecule has 5 nitrogen and oxygen atoms in total. The lowest BCUT2D eigenvalue weighted by Gasteiger charge is -2.34. The number of amides is 2. The van der Waals surface area contributed by atoms with E-state index in [0.29, 0.717) is 12.6 Å². The van der Waals surface area contributed by atoms with Gasteiger partial charge < -0.3 is 15.4 Å². The Morgan fingerprint density at radius 2 is 1.39 bits per heavy atom. The number of alkyl carbamates (subject to hydrolysis) is 1. The van der Waals surface area contributed by atoms with Gasteiger partial charge in [-0.1, -0.05) is 27.2 Å². The highest BCUT2D eigenvalue weighted by Crippen LogP contribution is 2.35. The Morgan fingerprint density at radius 1 is 0.857 bits per heavy atom. The van der Waals surface area contributed by atoms with Gasteiger partial charge in [-0.05, 0) is 82.5 Å². The van der Waals surface area contributed by atoms with Crippen molar-refractivity contribution in [3.05, 3.63) is 0 Å². The third-order valence-corrected chi connectivity index (χ3v) is 6.64. The van der Waals surface area contributed by atoms with Crippen molar-refractivity contribution in [2.24, 2.45) is 17.8 Å². The lowest BCUT2D eigenvalue weighted by molar-refractivity contribution is -0.125. The molecule has 0 aromatic rings. The summed E-state index contributed by atoms with van der Waals surface area (Å²) in [6, 6.07) is 0.675. The monoisotopic (exact) mass is 394 g/mol. The van der Waals surface area contributed by atoms with E-state index in [1.54, 1.807) is 0 Å².